The van der Waals surface area contributed by atoms with Crippen molar-refractivity contribution in [2.24, 2.45) is 0 Å². The Kier molecular flexibility index (Phi) is 2.28. The van der Waals surface area contributed by atoms with E-state index in [1.807, 2.05) is 0 Å². The SMILES string of the molecule is O=CCCc1ccc2[nH]c3c(c2c1)CCC3. The van der Waals surface area contributed by atoms with Gasteiger partial charge in [0.2, 0.25) is 0 Å². The minimum atomic E-state index is 0.623. The van der Waals surface area contributed by atoms with Crippen molar-refractivity contribution in [3.8, 4) is 0 Å². The van der Waals surface area contributed by atoms with Crippen molar-refractivity contribution in [1.29, 1.82) is 0 Å². The second-order valence-corrected chi connectivity index (χ2v) is 4.52. The lowest BCUT2D eigenvalue weighted by atomic mass is 10.1. The Morgan fingerprint density at radius 3 is 3.12 bits per heavy atom. The Balaban J connectivity index is 2.05. The van der Waals surface area contributed by atoms with E-state index in [1.54, 1.807) is 0 Å². The molecule has 1 N–H and O–H groups in total. The minimum absolute atomic E-state index is 0.623. The number of carbonyl (C=O) groups excluding carboxylic acids is 1. The molecule has 0 bridgehead atoms. The second-order valence-electron chi connectivity index (χ2n) is 4.52. The normalized spacial score (nSPS) is 14.2. The van der Waals surface area contributed by atoms with Crippen molar-refractivity contribution < 1.29 is 4.79 Å². The van der Waals surface area contributed by atoms with Gasteiger partial charge in [-0.25, -0.2) is 0 Å². The number of aromatic amines is 1. The number of H-pyrrole nitrogens is 1. The molecule has 0 spiro atoms. The van der Waals surface area contributed by atoms with E-state index < -0.39 is 0 Å². The molecule has 1 aliphatic carbocycles. The van der Waals surface area contributed by atoms with Crippen molar-refractivity contribution >= 4 is 17.2 Å². The fraction of sp³-hybridized carbons (Fsp3) is 0.357. The number of aromatic nitrogens is 1. The largest absolute Gasteiger partial charge is 0.358 e. The van der Waals surface area contributed by atoms with Gasteiger partial charge >= 0.3 is 0 Å². The number of aldehydes is 1. The Hall–Kier alpha value is -1.57. The molecule has 0 unspecified atom stereocenters. The predicted octanol–water partition coefficient (Wildman–Crippen LogP) is 2.79. The molecular formula is C14H15NO. The lowest BCUT2D eigenvalue weighted by Crippen LogP contribution is -1.86. The van der Waals surface area contributed by atoms with E-state index in [4.69, 9.17) is 0 Å². The Labute approximate surface area is 94.7 Å². The van der Waals surface area contributed by atoms with Gasteiger partial charge in [0.05, 0.1) is 0 Å². The highest BCUT2D eigenvalue weighted by Crippen LogP contribution is 2.30. The Morgan fingerprint density at radius 1 is 1.31 bits per heavy atom. The monoisotopic (exact) mass is 213 g/mol. The summed E-state index contributed by atoms with van der Waals surface area (Å²) in [4.78, 5) is 13.9. The van der Waals surface area contributed by atoms with Gasteiger partial charge < -0.3 is 9.78 Å². The molecule has 0 fully saturated rings. The Morgan fingerprint density at radius 2 is 2.25 bits per heavy atom. The lowest BCUT2D eigenvalue weighted by Gasteiger charge is -1.99. The van der Waals surface area contributed by atoms with Gasteiger partial charge in [-0.3, -0.25) is 0 Å². The minimum Gasteiger partial charge on any atom is -0.358 e. The van der Waals surface area contributed by atoms with Gasteiger partial charge in [-0.1, -0.05) is 6.07 Å². The van der Waals surface area contributed by atoms with Crippen LogP contribution in [0.4, 0.5) is 0 Å². The van der Waals surface area contributed by atoms with Crippen LogP contribution in [0.1, 0.15) is 29.7 Å². The number of nitrogens with one attached hydrogen (secondary N) is 1. The molecule has 3 rings (SSSR count). The number of rotatable bonds is 3. The number of benzene rings is 1. The van der Waals surface area contributed by atoms with Crippen LogP contribution in [0, 0.1) is 0 Å². The molecule has 82 valence electrons. The number of aryl methyl sites for hydroxylation is 3. The first-order valence-corrected chi connectivity index (χ1v) is 5.94. The van der Waals surface area contributed by atoms with Crippen LogP contribution in [-0.2, 0) is 24.1 Å². The third-order valence-corrected chi connectivity index (χ3v) is 3.46. The molecular weight excluding hydrogens is 198 g/mol. The average molecular weight is 213 g/mol. The zero-order valence-electron chi connectivity index (χ0n) is 9.25. The van der Waals surface area contributed by atoms with E-state index in [1.165, 1.54) is 47.0 Å². The van der Waals surface area contributed by atoms with Crippen molar-refractivity contribution in [2.75, 3.05) is 0 Å². The molecule has 16 heavy (non-hydrogen) atoms. The topological polar surface area (TPSA) is 32.9 Å². The van der Waals surface area contributed by atoms with E-state index in [0.29, 0.717) is 6.42 Å². The summed E-state index contributed by atoms with van der Waals surface area (Å²) >= 11 is 0. The van der Waals surface area contributed by atoms with Crippen LogP contribution in [0.5, 0.6) is 0 Å². The van der Waals surface area contributed by atoms with Crippen molar-refractivity contribution in [3.63, 3.8) is 0 Å². The molecule has 0 saturated heterocycles. The van der Waals surface area contributed by atoms with E-state index in [-0.39, 0.29) is 0 Å². The van der Waals surface area contributed by atoms with Crippen molar-refractivity contribution in [2.45, 2.75) is 32.1 Å². The van der Waals surface area contributed by atoms with Crippen LogP contribution >= 0.6 is 0 Å². The summed E-state index contributed by atoms with van der Waals surface area (Å²) in [6, 6.07) is 6.52. The van der Waals surface area contributed by atoms with Gasteiger partial charge in [-0.15, -0.1) is 0 Å². The zero-order valence-corrected chi connectivity index (χ0v) is 9.25. The third kappa shape index (κ3) is 1.45. The first-order chi connectivity index (χ1) is 7.88. The molecule has 1 aliphatic rings. The zero-order chi connectivity index (χ0) is 11.0. The molecule has 1 aromatic heterocycles. The quantitative estimate of drug-likeness (QED) is 0.781. The summed E-state index contributed by atoms with van der Waals surface area (Å²) in [6.45, 7) is 0. The molecule has 2 heteroatoms. The van der Waals surface area contributed by atoms with Gasteiger partial charge in [0.15, 0.2) is 0 Å². The van der Waals surface area contributed by atoms with E-state index >= 15 is 0 Å². The summed E-state index contributed by atoms with van der Waals surface area (Å²) in [7, 11) is 0. The fourth-order valence-corrected chi connectivity index (χ4v) is 2.67. The Bertz CT molecular complexity index is 539. The smallest absolute Gasteiger partial charge is 0.120 e. The van der Waals surface area contributed by atoms with Crippen LogP contribution in [0.15, 0.2) is 18.2 Å². The fourth-order valence-electron chi connectivity index (χ4n) is 2.67. The molecule has 2 nitrogen and oxygen atoms in total. The van der Waals surface area contributed by atoms with E-state index in [0.717, 1.165) is 12.7 Å². The average Bonchev–Trinajstić information content (AvgIpc) is 2.86. The molecule has 0 atom stereocenters. The number of hydrogen-bond acceptors (Lipinski definition) is 1. The number of carbonyl (C=O) groups is 1. The number of hydrogen-bond donors (Lipinski definition) is 1. The molecule has 0 radical (unpaired) electrons. The van der Waals surface area contributed by atoms with Gasteiger partial charge in [0.1, 0.15) is 6.29 Å². The first-order valence-electron chi connectivity index (χ1n) is 5.94. The summed E-state index contributed by atoms with van der Waals surface area (Å²) in [5.74, 6) is 0. The summed E-state index contributed by atoms with van der Waals surface area (Å²) < 4.78 is 0. The van der Waals surface area contributed by atoms with E-state index in [2.05, 4.69) is 23.2 Å². The van der Waals surface area contributed by atoms with Gasteiger partial charge in [0, 0.05) is 23.0 Å². The molecule has 2 aromatic rings. The standard InChI is InChI=1S/C14H15NO/c16-8-2-3-10-6-7-14-12(9-10)11-4-1-5-13(11)15-14/h6-9,15H,1-5H2. The maximum Gasteiger partial charge on any atom is 0.120 e. The van der Waals surface area contributed by atoms with Gasteiger partial charge in [-0.2, -0.15) is 0 Å². The number of fused-ring (bicyclic) bond motifs is 3. The summed E-state index contributed by atoms with van der Waals surface area (Å²) in [6.07, 6.45) is 6.14. The van der Waals surface area contributed by atoms with Crippen LogP contribution < -0.4 is 0 Å². The lowest BCUT2D eigenvalue weighted by molar-refractivity contribution is -0.107. The third-order valence-electron chi connectivity index (χ3n) is 3.46. The van der Waals surface area contributed by atoms with Crippen LogP contribution in [0.25, 0.3) is 10.9 Å². The highest BCUT2D eigenvalue weighted by molar-refractivity contribution is 5.86. The van der Waals surface area contributed by atoms with E-state index in [9.17, 15) is 4.79 Å². The van der Waals surface area contributed by atoms with Crippen LogP contribution in [-0.4, -0.2) is 11.3 Å². The maximum absolute atomic E-state index is 10.4. The molecule has 0 saturated carbocycles. The highest BCUT2D eigenvalue weighted by atomic mass is 16.1. The second kappa shape index (κ2) is 3.78. The first kappa shape index (κ1) is 9.64. The van der Waals surface area contributed by atoms with Crippen LogP contribution in [0.3, 0.4) is 0 Å². The summed E-state index contributed by atoms with van der Waals surface area (Å²) in [5, 5.41) is 1.37. The maximum atomic E-state index is 10.4. The summed E-state index contributed by atoms with van der Waals surface area (Å²) in [5.41, 5.74) is 5.44. The highest BCUT2D eigenvalue weighted by Gasteiger charge is 2.16. The van der Waals surface area contributed by atoms with Crippen molar-refractivity contribution in [3.05, 3.63) is 35.0 Å². The molecule has 1 heterocycles. The molecule has 0 aliphatic heterocycles. The van der Waals surface area contributed by atoms with Gasteiger partial charge in [-0.05, 0) is 48.9 Å². The van der Waals surface area contributed by atoms with Gasteiger partial charge in [0.25, 0.3) is 0 Å². The molecule has 0 amide bonds. The van der Waals surface area contributed by atoms with Crippen molar-refractivity contribution in [1.82, 2.24) is 4.98 Å². The van der Waals surface area contributed by atoms with Crippen LogP contribution in [0.2, 0.25) is 0 Å². The molecule has 1 aromatic carbocycles. The predicted molar refractivity (Wildman–Crippen MR) is 64.7 cm³/mol.